The van der Waals surface area contributed by atoms with Gasteiger partial charge in [-0.15, -0.1) is 0 Å². The summed E-state index contributed by atoms with van der Waals surface area (Å²) in [5, 5.41) is 11.3. The van der Waals surface area contributed by atoms with Crippen LogP contribution in [0.2, 0.25) is 0 Å². The quantitative estimate of drug-likeness (QED) is 0.264. The van der Waals surface area contributed by atoms with Gasteiger partial charge in [-0.05, 0) is 50.3 Å². The summed E-state index contributed by atoms with van der Waals surface area (Å²) in [6, 6.07) is 5.35. The van der Waals surface area contributed by atoms with Crippen LogP contribution in [-0.2, 0) is 20.8 Å². The monoisotopic (exact) mass is 498 g/mol. The molecule has 0 aliphatic rings. The van der Waals surface area contributed by atoms with Crippen molar-refractivity contribution in [3.8, 4) is 11.3 Å². The molecule has 0 bridgehead atoms. The summed E-state index contributed by atoms with van der Waals surface area (Å²) in [5.41, 5.74) is 1.49. The number of carbonyl (C=O) groups excluding carboxylic acids is 2. The summed E-state index contributed by atoms with van der Waals surface area (Å²) in [7, 11) is 0. The van der Waals surface area contributed by atoms with Gasteiger partial charge < -0.3 is 14.8 Å². The van der Waals surface area contributed by atoms with Gasteiger partial charge in [0.15, 0.2) is 0 Å². The second-order valence-corrected chi connectivity index (χ2v) is 8.48. The molecule has 3 rings (SSSR count). The number of nitrogens with one attached hydrogen (secondary N) is 1. The SMILES string of the molecule is CCOC(=O)CCCCCCOC(=O)c1c(-c2ccsc2)nn(CC)c(=O)c1Nc1cccnc1. The van der Waals surface area contributed by atoms with Gasteiger partial charge in [-0.25, -0.2) is 9.48 Å². The van der Waals surface area contributed by atoms with Gasteiger partial charge in [-0.3, -0.25) is 14.6 Å². The molecule has 35 heavy (non-hydrogen) atoms. The predicted molar refractivity (Wildman–Crippen MR) is 135 cm³/mol. The molecular formula is C25H30N4O5S. The Kier molecular flexibility index (Phi) is 9.97. The van der Waals surface area contributed by atoms with Gasteiger partial charge in [0.2, 0.25) is 0 Å². The fourth-order valence-corrected chi connectivity index (χ4v) is 4.12. The second kappa shape index (κ2) is 13.4. The van der Waals surface area contributed by atoms with Gasteiger partial charge in [0.1, 0.15) is 16.9 Å². The molecule has 0 spiro atoms. The highest BCUT2D eigenvalue weighted by atomic mass is 32.1. The number of esters is 2. The van der Waals surface area contributed by atoms with Gasteiger partial charge in [-0.1, -0.05) is 12.8 Å². The molecule has 3 heterocycles. The van der Waals surface area contributed by atoms with E-state index in [-0.39, 0.29) is 23.8 Å². The average molecular weight is 499 g/mol. The maximum atomic E-state index is 13.2. The molecule has 0 fully saturated rings. The summed E-state index contributed by atoms with van der Waals surface area (Å²) in [4.78, 5) is 41.9. The van der Waals surface area contributed by atoms with E-state index in [0.29, 0.717) is 37.4 Å². The van der Waals surface area contributed by atoms with E-state index in [4.69, 9.17) is 9.47 Å². The van der Waals surface area contributed by atoms with Crippen molar-refractivity contribution in [3.63, 3.8) is 0 Å². The van der Waals surface area contributed by atoms with Crippen LogP contribution in [0.25, 0.3) is 11.3 Å². The molecule has 3 aromatic rings. The Morgan fingerprint density at radius 2 is 1.94 bits per heavy atom. The summed E-state index contributed by atoms with van der Waals surface area (Å²) in [5.74, 6) is -0.806. The smallest absolute Gasteiger partial charge is 0.342 e. The largest absolute Gasteiger partial charge is 0.466 e. The molecule has 0 aliphatic carbocycles. The predicted octanol–water partition coefficient (Wildman–Crippen LogP) is 4.80. The number of anilines is 2. The van der Waals surface area contributed by atoms with Gasteiger partial charge in [0.25, 0.3) is 5.56 Å². The number of rotatable bonds is 13. The Morgan fingerprint density at radius 3 is 2.63 bits per heavy atom. The molecule has 0 unspecified atom stereocenters. The lowest BCUT2D eigenvalue weighted by Crippen LogP contribution is -2.29. The Morgan fingerprint density at radius 1 is 1.11 bits per heavy atom. The van der Waals surface area contributed by atoms with Crippen molar-refractivity contribution in [2.75, 3.05) is 18.5 Å². The highest BCUT2D eigenvalue weighted by molar-refractivity contribution is 7.08. The fraction of sp³-hybridized carbons (Fsp3) is 0.400. The van der Waals surface area contributed by atoms with Crippen molar-refractivity contribution in [1.82, 2.24) is 14.8 Å². The van der Waals surface area contributed by atoms with Gasteiger partial charge in [0, 0.05) is 30.1 Å². The van der Waals surface area contributed by atoms with E-state index in [0.717, 1.165) is 24.8 Å². The lowest BCUT2D eigenvalue weighted by atomic mass is 10.1. The summed E-state index contributed by atoms with van der Waals surface area (Å²) in [6.07, 6.45) is 6.60. The van der Waals surface area contributed by atoms with E-state index in [1.54, 1.807) is 31.5 Å². The molecule has 10 heteroatoms. The first-order chi connectivity index (χ1) is 17.0. The first kappa shape index (κ1) is 26.1. The minimum absolute atomic E-state index is 0.101. The van der Waals surface area contributed by atoms with E-state index in [9.17, 15) is 14.4 Å². The van der Waals surface area contributed by atoms with Crippen LogP contribution in [0.5, 0.6) is 0 Å². The molecule has 0 aliphatic heterocycles. The zero-order valence-electron chi connectivity index (χ0n) is 20.0. The molecule has 0 amide bonds. The van der Waals surface area contributed by atoms with Crippen molar-refractivity contribution in [3.05, 3.63) is 57.3 Å². The summed E-state index contributed by atoms with van der Waals surface area (Å²) < 4.78 is 11.8. The summed E-state index contributed by atoms with van der Waals surface area (Å²) in [6.45, 7) is 4.54. The minimum Gasteiger partial charge on any atom is -0.466 e. The molecule has 0 saturated heterocycles. The van der Waals surface area contributed by atoms with Crippen LogP contribution in [-0.4, -0.2) is 39.9 Å². The first-order valence-corrected chi connectivity index (χ1v) is 12.7. The van der Waals surface area contributed by atoms with E-state index in [2.05, 4.69) is 15.4 Å². The van der Waals surface area contributed by atoms with Gasteiger partial charge >= 0.3 is 11.9 Å². The standard InChI is InChI=1S/C25H30N4O5S/c1-3-29-24(31)23(27-19-10-9-13-26-16-19)21(22(28-29)18-12-15-35-17-18)25(32)34-14-8-6-5-7-11-20(30)33-4-2/h9-10,12-13,15-17,27H,3-8,11,14H2,1-2H3. The molecule has 0 saturated carbocycles. The number of hydrogen-bond acceptors (Lipinski definition) is 9. The maximum absolute atomic E-state index is 13.2. The van der Waals surface area contributed by atoms with Crippen LogP contribution in [0.1, 0.15) is 56.3 Å². The third kappa shape index (κ3) is 7.22. The third-order valence-electron chi connectivity index (χ3n) is 5.20. The highest BCUT2D eigenvalue weighted by Gasteiger charge is 2.26. The number of carbonyl (C=O) groups is 2. The lowest BCUT2D eigenvalue weighted by Gasteiger charge is -2.16. The third-order valence-corrected chi connectivity index (χ3v) is 5.88. The molecule has 1 N–H and O–H groups in total. The van der Waals surface area contributed by atoms with E-state index in [1.165, 1.54) is 16.0 Å². The molecule has 0 radical (unpaired) electrons. The number of aromatic nitrogens is 3. The van der Waals surface area contributed by atoms with E-state index < -0.39 is 11.5 Å². The van der Waals surface area contributed by atoms with Crippen molar-refractivity contribution in [2.45, 2.75) is 52.5 Å². The number of hydrogen-bond donors (Lipinski definition) is 1. The zero-order chi connectivity index (χ0) is 25.0. The number of nitrogens with zero attached hydrogens (tertiary/aromatic N) is 3. The van der Waals surface area contributed by atoms with E-state index in [1.807, 2.05) is 23.8 Å². The van der Waals surface area contributed by atoms with Crippen molar-refractivity contribution in [1.29, 1.82) is 0 Å². The first-order valence-electron chi connectivity index (χ1n) is 11.7. The highest BCUT2D eigenvalue weighted by Crippen LogP contribution is 2.29. The molecule has 186 valence electrons. The van der Waals surface area contributed by atoms with Gasteiger partial charge in [-0.2, -0.15) is 16.4 Å². The molecule has 0 aromatic carbocycles. The van der Waals surface area contributed by atoms with E-state index >= 15 is 0 Å². The fourth-order valence-electron chi connectivity index (χ4n) is 3.48. The topological polar surface area (TPSA) is 112 Å². The van der Waals surface area contributed by atoms with Crippen molar-refractivity contribution in [2.24, 2.45) is 0 Å². The van der Waals surface area contributed by atoms with Crippen LogP contribution < -0.4 is 10.9 Å². The minimum atomic E-state index is -0.614. The normalized spacial score (nSPS) is 10.7. The van der Waals surface area contributed by atoms with Crippen molar-refractivity contribution < 1.29 is 19.1 Å². The van der Waals surface area contributed by atoms with Crippen LogP contribution in [0.15, 0.2) is 46.1 Å². The van der Waals surface area contributed by atoms with Crippen LogP contribution >= 0.6 is 11.3 Å². The van der Waals surface area contributed by atoms with Crippen LogP contribution in [0.4, 0.5) is 11.4 Å². The van der Waals surface area contributed by atoms with Crippen molar-refractivity contribution >= 4 is 34.7 Å². The Bertz CT molecular complexity index is 1160. The average Bonchev–Trinajstić information content (AvgIpc) is 3.40. The zero-order valence-corrected chi connectivity index (χ0v) is 20.8. The molecule has 3 aromatic heterocycles. The number of ether oxygens (including phenoxy) is 2. The second-order valence-electron chi connectivity index (χ2n) is 7.70. The van der Waals surface area contributed by atoms with Crippen LogP contribution in [0, 0.1) is 0 Å². The Balaban J connectivity index is 1.77. The number of pyridine rings is 1. The number of aryl methyl sites for hydroxylation is 1. The van der Waals surface area contributed by atoms with Gasteiger partial charge in [0.05, 0.1) is 25.1 Å². The summed E-state index contributed by atoms with van der Waals surface area (Å²) >= 11 is 1.47. The number of thiophene rings is 1. The van der Waals surface area contributed by atoms with Crippen LogP contribution in [0.3, 0.4) is 0 Å². The molecule has 0 atom stereocenters. The lowest BCUT2D eigenvalue weighted by molar-refractivity contribution is -0.143. The number of unbranched alkanes of at least 4 members (excludes halogenated alkanes) is 3. The Hall–Kier alpha value is -3.53. The Labute approximate surface area is 208 Å². The molecular weight excluding hydrogens is 468 g/mol. The molecule has 9 nitrogen and oxygen atoms in total. The maximum Gasteiger partial charge on any atom is 0.342 e.